The normalized spacial score (nSPS) is 18.9. The Kier molecular flexibility index (Phi) is 6.08. The molecular formula is C13H28N2O2S. The maximum absolute atomic E-state index is 12.0. The predicted molar refractivity (Wildman–Crippen MR) is 76.2 cm³/mol. The molecule has 0 atom stereocenters. The standard InChI is InChI=1S/C13H28N2O2S/c1-4-13(8-7-9-13)15-18(16,17)11-6-5-10-14-12(2)3/h12,14-15H,4-11H2,1-3H3. The minimum atomic E-state index is -3.09. The number of hydrogen-bond donors (Lipinski definition) is 2. The van der Waals surface area contributed by atoms with Crippen LogP contribution in [0.4, 0.5) is 0 Å². The lowest BCUT2D eigenvalue weighted by molar-refractivity contribution is 0.214. The molecule has 2 N–H and O–H groups in total. The smallest absolute Gasteiger partial charge is 0.212 e. The van der Waals surface area contributed by atoms with Gasteiger partial charge in [0.05, 0.1) is 5.75 Å². The number of sulfonamides is 1. The van der Waals surface area contributed by atoms with Gasteiger partial charge in [0, 0.05) is 11.6 Å². The topological polar surface area (TPSA) is 58.2 Å². The molecule has 0 aromatic carbocycles. The van der Waals surface area contributed by atoms with E-state index in [0.717, 1.165) is 45.1 Å². The number of unbranched alkanes of at least 4 members (excludes halogenated alkanes) is 1. The van der Waals surface area contributed by atoms with Gasteiger partial charge >= 0.3 is 0 Å². The fourth-order valence-electron chi connectivity index (χ4n) is 2.32. The first-order chi connectivity index (χ1) is 8.39. The van der Waals surface area contributed by atoms with Gasteiger partial charge < -0.3 is 5.32 Å². The molecule has 0 aromatic rings. The van der Waals surface area contributed by atoms with E-state index in [1.54, 1.807) is 0 Å². The molecule has 1 rings (SSSR count). The SMILES string of the molecule is CCC1(NS(=O)(=O)CCCCNC(C)C)CCC1. The van der Waals surface area contributed by atoms with E-state index in [1.165, 1.54) is 0 Å². The minimum Gasteiger partial charge on any atom is -0.315 e. The van der Waals surface area contributed by atoms with E-state index >= 15 is 0 Å². The average Bonchev–Trinajstić information content (AvgIpc) is 2.22. The van der Waals surface area contributed by atoms with Gasteiger partial charge in [0.1, 0.15) is 0 Å². The van der Waals surface area contributed by atoms with Gasteiger partial charge in [-0.1, -0.05) is 20.8 Å². The quantitative estimate of drug-likeness (QED) is 0.633. The van der Waals surface area contributed by atoms with Crippen molar-refractivity contribution in [3.05, 3.63) is 0 Å². The zero-order chi connectivity index (χ0) is 13.6. The molecule has 1 saturated carbocycles. The Morgan fingerprint density at radius 3 is 2.33 bits per heavy atom. The second-order valence-electron chi connectivity index (χ2n) is 5.72. The zero-order valence-electron chi connectivity index (χ0n) is 12.0. The molecule has 0 radical (unpaired) electrons. The fourth-order valence-corrected chi connectivity index (χ4v) is 4.01. The highest BCUT2D eigenvalue weighted by Gasteiger charge is 2.38. The Hall–Kier alpha value is -0.130. The molecule has 0 heterocycles. The van der Waals surface area contributed by atoms with Crippen LogP contribution in [0.2, 0.25) is 0 Å². The first kappa shape index (κ1) is 15.9. The molecule has 108 valence electrons. The monoisotopic (exact) mass is 276 g/mol. The van der Waals surface area contributed by atoms with Crippen molar-refractivity contribution in [1.29, 1.82) is 0 Å². The first-order valence-electron chi connectivity index (χ1n) is 7.14. The molecule has 0 aliphatic heterocycles. The third kappa shape index (κ3) is 5.24. The van der Waals surface area contributed by atoms with Crippen molar-refractivity contribution in [1.82, 2.24) is 10.0 Å². The predicted octanol–water partition coefficient (Wildman–Crippen LogP) is 2.02. The Bertz CT molecular complexity index is 329. The Labute approximate surface area is 112 Å². The summed E-state index contributed by atoms with van der Waals surface area (Å²) in [7, 11) is -3.09. The van der Waals surface area contributed by atoms with Crippen molar-refractivity contribution in [2.45, 2.75) is 70.9 Å². The highest BCUT2D eigenvalue weighted by molar-refractivity contribution is 7.89. The van der Waals surface area contributed by atoms with Crippen LogP contribution in [0.3, 0.4) is 0 Å². The maximum atomic E-state index is 12.0. The number of rotatable bonds is 9. The fraction of sp³-hybridized carbons (Fsp3) is 1.00. The summed E-state index contributed by atoms with van der Waals surface area (Å²) in [6, 6.07) is 0.470. The molecule has 0 aromatic heterocycles. The third-order valence-corrected chi connectivity index (χ3v) is 5.32. The molecule has 1 aliphatic carbocycles. The summed E-state index contributed by atoms with van der Waals surface area (Å²) < 4.78 is 26.8. The lowest BCUT2D eigenvalue weighted by atomic mass is 9.76. The van der Waals surface area contributed by atoms with Gasteiger partial charge in [-0.15, -0.1) is 0 Å². The van der Waals surface area contributed by atoms with Crippen LogP contribution in [0, 0.1) is 0 Å². The molecule has 1 fully saturated rings. The van der Waals surface area contributed by atoms with Crippen LogP contribution in [-0.2, 0) is 10.0 Å². The second kappa shape index (κ2) is 6.87. The van der Waals surface area contributed by atoms with Crippen LogP contribution < -0.4 is 10.0 Å². The minimum absolute atomic E-state index is 0.116. The van der Waals surface area contributed by atoms with Crippen LogP contribution in [0.25, 0.3) is 0 Å². The second-order valence-corrected chi connectivity index (χ2v) is 7.57. The van der Waals surface area contributed by atoms with Crippen molar-refractivity contribution < 1.29 is 8.42 Å². The van der Waals surface area contributed by atoms with E-state index < -0.39 is 10.0 Å². The molecular weight excluding hydrogens is 248 g/mol. The molecule has 0 saturated heterocycles. The van der Waals surface area contributed by atoms with Gasteiger partial charge in [-0.3, -0.25) is 0 Å². The summed E-state index contributed by atoms with van der Waals surface area (Å²) in [5, 5.41) is 3.30. The highest BCUT2D eigenvalue weighted by Crippen LogP contribution is 2.35. The Balaban J connectivity index is 2.23. The average molecular weight is 276 g/mol. The molecule has 4 nitrogen and oxygen atoms in total. The van der Waals surface area contributed by atoms with E-state index in [-0.39, 0.29) is 11.3 Å². The number of hydrogen-bond acceptors (Lipinski definition) is 3. The Morgan fingerprint density at radius 1 is 1.22 bits per heavy atom. The van der Waals surface area contributed by atoms with E-state index in [9.17, 15) is 8.42 Å². The molecule has 0 bridgehead atoms. The highest BCUT2D eigenvalue weighted by atomic mass is 32.2. The van der Waals surface area contributed by atoms with Crippen LogP contribution in [-0.4, -0.2) is 32.3 Å². The first-order valence-corrected chi connectivity index (χ1v) is 8.79. The van der Waals surface area contributed by atoms with Crippen LogP contribution in [0.15, 0.2) is 0 Å². The van der Waals surface area contributed by atoms with E-state index in [0.29, 0.717) is 6.04 Å². The summed E-state index contributed by atoms with van der Waals surface area (Å²) in [5.41, 5.74) is -0.116. The lowest BCUT2D eigenvalue weighted by Crippen LogP contribution is -2.53. The maximum Gasteiger partial charge on any atom is 0.212 e. The van der Waals surface area contributed by atoms with Gasteiger partial charge in [0.15, 0.2) is 0 Å². The zero-order valence-corrected chi connectivity index (χ0v) is 12.8. The molecule has 0 spiro atoms. The summed E-state index contributed by atoms with van der Waals surface area (Å²) in [6.07, 6.45) is 5.69. The van der Waals surface area contributed by atoms with Crippen molar-refractivity contribution in [3.8, 4) is 0 Å². The van der Waals surface area contributed by atoms with Gasteiger partial charge in [-0.05, 0) is 45.1 Å². The summed E-state index contributed by atoms with van der Waals surface area (Å²) in [4.78, 5) is 0. The lowest BCUT2D eigenvalue weighted by Gasteiger charge is -2.41. The molecule has 0 unspecified atom stereocenters. The van der Waals surface area contributed by atoms with E-state index in [4.69, 9.17) is 0 Å². The van der Waals surface area contributed by atoms with Crippen LogP contribution in [0.5, 0.6) is 0 Å². The van der Waals surface area contributed by atoms with E-state index in [2.05, 4.69) is 30.8 Å². The van der Waals surface area contributed by atoms with Crippen molar-refractivity contribution in [2.75, 3.05) is 12.3 Å². The molecule has 1 aliphatic rings. The number of nitrogens with one attached hydrogen (secondary N) is 2. The van der Waals surface area contributed by atoms with Crippen molar-refractivity contribution >= 4 is 10.0 Å². The molecule has 18 heavy (non-hydrogen) atoms. The van der Waals surface area contributed by atoms with Crippen molar-refractivity contribution in [3.63, 3.8) is 0 Å². The van der Waals surface area contributed by atoms with Gasteiger partial charge in [0.25, 0.3) is 0 Å². The third-order valence-electron chi connectivity index (χ3n) is 3.75. The van der Waals surface area contributed by atoms with Crippen LogP contribution in [0.1, 0.15) is 59.3 Å². The summed E-state index contributed by atoms with van der Waals surface area (Å²) >= 11 is 0. The van der Waals surface area contributed by atoms with Crippen LogP contribution >= 0.6 is 0 Å². The Morgan fingerprint density at radius 2 is 1.89 bits per heavy atom. The van der Waals surface area contributed by atoms with E-state index in [1.807, 2.05) is 0 Å². The molecule has 5 heteroatoms. The molecule has 0 amide bonds. The van der Waals surface area contributed by atoms with Gasteiger partial charge in [-0.2, -0.15) is 0 Å². The van der Waals surface area contributed by atoms with Gasteiger partial charge in [-0.25, -0.2) is 13.1 Å². The van der Waals surface area contributed by atoms with Crippen molar-refractivity contribution in [2.24, 2.45) is 0 Å². The van der Waals surface area contributed by atoms with Gasteiger partial charge in [0.2, 0.25) is 10.0 Å². The largest absolute Gasteiger partial charge is 0.315 e. The summed E-state index contributed by atoms with van der Waals surface area (Å²) in [6.45, 7) is 7.15. The summed E-state index contributed by atoms with van der Waals surface area (Å²) in [5.74, 6) is 0.258.